The van der Waals surface area contributed by atoms with Crippen molar-refractivity contribution in [2.24, 2.45) is 0 Å². The van der Waals surface area contributed by atoms with E-state index in [9.17, 15) is 14.7 Å². The van der Waals surface area contributed by atoms with Crippen molar-refractivity contribution in [1.82, 2.24) is 4.90 Å². The molecule has 1 saturated heterocycles. The first-order chi connectivity index (χ1) is 13.0. The first-order valence-electron chi connectivity index (χ1n) is 7.94. The molecule has 3 rings (SSSR count). The van der Waals surface area contributed by atoms with Crippen molar-refractivity contribution in [3.8, 4) is 11.5 Å². The molecule has 0 aromatic heterocycles. The van der Waals surface area contributed by atoms with Gasteiger partial charge in [0.25, 0.3) is 5.91 Å². The van der Waals surface area contributed by atoms with Gasteiger partial charge >= 0.3 is 0 Å². The molecule has 0 saturated carbocycles. The number of methoxy groups -OCH3 is 1. The lowest BCUT2D eigenvalue weighted by Gasteiger charge is -2.14. The Bertz CT molecular complexity index is 926. The number of phenolic OH excluding ortho intramolecular Hbond substituents is 1. The number of thioether (sulfide) groups is 1. The lowest BCUT2D eigenvalue weighted by molar-refractivity contribution is -0.126. The van der Waals surface area contributed by atoms with Crippen molar-refractivity contribution >= 4 is 51.9 Å². The Morgan fingerprint density at radius 1 is 1.30 bits per heavy atom. The van der Waals surface area contributed by atoms with E-state index in [0.29, 0.717) is 20.7 Å². The number of hydrogen-bond acceptors (Lipinski definition) is 6. The maximum atomic E-state index is 12.6. The molecule has 1 aliphatic rings. The summed E-state index contributed by atoms with van der Waals surface area (Å²) in [6, 6.07) is 13.4. The van der Waals surface area contributed by atoms with Gasteiger partial charge in [0.05, 0.1) is 12.0 Å². The number of aromatic hydroxyl groups is 1. The molecule has 2 amide bonds. The van der Waals surface area contributed by atoms with E-state index in [1.165, 1.54) is 17.0 Å². The van der Waals surface area contributed by atoms with Crippen LogP contribution in [0, 0.1) is 0 Å². The van der Waals surface area contributed by atoms with Crippen LogP contribution in [0.2, 0.25) is 0 Å². The average Bonchev–Trinajstić information content (AvgIpc) is 2.91. The summed E-state index contributed by atoms with van der Waals surface area (Å²) in [6.07, 6.45) is 1.72. The van der Waals surface area contributed by atoms with Crippen LogP contribution in [0.1, 0.15) is 5.56 Å². The Morgan fingerprint density at radius 3 is 2.74 bits per heavy atom. The number of carbonyl (C=O) groups is 2. The summed E-state index contributed by atoms with van der Waals surface area (Å²) < 4.78 is 5.51. The highest BCUT2D eigenvalue weighted by Crippen LogP contribution is 2.32. The van der Waals surface area contributed by atoms with Crippen molar-refractivity contribution in [2.45, 2.75) is 0 Å². The predicted octanol–water partition coefficient (Wildman–Crippen LogP) is 3.24. The summed E-state index contributed by atoms with van der Waals surface area (Å²) in [5.41, 5.74) is 1.33. The number of ether oxygens (including phenoxy) is 1. The van der Waals surface area contributed by atoms with Crippen LogP contribution in [0.5, 0.6) is 11.5 Å². The summed E-state index contributed by atoms with van der Waals surface area (Å²) >= 11 is 6.40. The Labute approximate surface area is 165 Å². The summed E-state index contributed by atoms with van der Waals surface area (Å²) in [6.45, 7) is -0.180. The summed E-state index contributed by atoms with van der Waals surface area (Å²) in [7, 11) is 1.57. The van der Waals surface area contributed by atoms with Crippen molar-refractivity contribution in [3.63, 3.8) is 0 Å². The fraction of sp³-hybridized carbons (Fsp3) is 0.105. The fourth-order valence-corrected chi connectivity index (χ4v) is 3.66. The van der Waals surface area contributed by atoms with Crippen LogP contribution in [-0.4, -0.2) is 39.8 Å². The predicted molar refractivity (Wildman–Crippen MR) is 110 cm³/mol. The number of anilines is 1. The number of nitrogens with zero attached hydrogens (tertiary/aromatic N) is 1. The molecule has 1 fully saturated rings. The number of amides is 2. The van der Waals surface area contributed by atoms with E-state index in [0.717, 1.165) is 17.3 Å². The third-order valence-corrected chi connectivity index (χ3v) is 5.10. The topological polar surface area (TPSA) is 78.9 Å². The molecule has 0 spiro atoms. The van der Waals surface area contributed by atoms with E-state index in [4.69, 9.17) is 17.0 Å². The number of benzene rings is 2. The van der Waals surface area contributed by atoms with Crippen LogP contribution < -0.4 is 10.1 Å². The molecular weight excluding hydrogens is 384 g/mol. The zero-order valence-corrected chi connectivity index (χ0v) is 16.0. The van der Waals surface area contributed by atoms with Gasteiger partial charge in [-0.3, -0.25) is 14.5 Å². The van der Waals surface area contributed by atoms with Crippen LogP contribution in [-0.2, 0) is 9.59 Å². The van der Waals surface area contributed by atoms with E-state index >= 15 is 0 Å². The summed E-state index contributed by atoms with van der Waals surface area (Å²) in [4.78, 5) is 26.5. The van der Waals surface area contributed by atoms with Gasteiger partial charge in [-0.2, -0.15) is 0 Å². The van der Waals surface area contributed by atoms with Crippen LogP contribution in [0.15, 0.2) is 53.4 Å². The molecule has 2 aromatic carbocycles. The molecule has 0 unspecified atom stereocenters. The average molecular weight is 400 g/mol. The zero-order chi connectivity index (χ0) is 19.4. The monoisotopic (exact) mass is 400 g/mol. The first-order valence-corrected chi connectivity index (χ1v) is 9.17. The number of hydrogen-bond donors (Lipinski definition) is 2. The van der Waals surface area contributed by atoms with Crippen molar-refractivity contribution in [2.75, 3.05) is 19.0 Å². The maximum Gasteiger partial charge on any atom is 0.266 e. The van der Waals surface area contributed by atoms with Gasteiger partial charge in [0.15, 0.2) is 0 Å². The van der Waals surface area contributed by atoms with Gasteiger partial charge in [-0.1, -0.05) is 36.1 Å². The zero-order valence-electron chi connectivity index (χ0n) is 14.3. The summed E-state index contributed by atoms with van der Waals surface area (Å²) in [5, 5.41) is 11.9. The van der Waals surface area contributed by atoms with E-state index in [1.807, 2.05) is 24.3 Å². The maximum absolute atomic E-state index is 12.6. The van der Waals surface area contributed by atoms with Gasteiger partial charge in [0, 0.05) is 5.69 Å². The molecule has 2 N–H and O–H groups in total. The highest BCUT2D eigenvalue weighted by atomic mass is 32.2. The Morgan fingerprint density at radius 2 is 2.04 bits per heavy atom. The molecule has 0 bridgehead atoms. The van der Waals surface area contributed by atoms with Crippen molar-refractivity contribution < 1.29 is 19.4 Å². The standard InChI is InChI=1S/C19H16N2O4S2/c1-25-15-4-2-3-12(9-15)10-16-18(24)21(19(26)27-16)11-17(23)20-13-5-7-14(22)8-6-13/h2-10,22H,11H2,1H3,(H,20,23)/b16-10-. The Balaban J connectivity index is 1.69. The number of thiocarbonyl (C=S) groups is 1. The highest BCUT2D eigenvalue weighted by Gasteiger charge is 2.33. The van der Waals surface area contributed by atoms with Crippen molar-refractivity contribution in [1.29, 1.82) is 0 Å². The van der Waals surface area contributed by atoms with E-state index in [2.05, 4.69) is 5.32 Å². The smallest absolute Gasteiger partial charge is 0.266 e. The van der Waals surface area contributed by atoms with Crippen LogP contribution in [0.4, 0.5) is 5.69 Å². The number of carbonyl (C=O) groups excluding carboxylic acids is 2. The largest absolute Gasteiger partial charge is 0.508 e. The molecule has 0 aliphatic carbocycles. The molecule has 138 valence electrons. The highest BCUT2D eigenvalue weighted by molar-refractivity contribution is 8.26. The number of nitrogens with one attached hydrogen (secondary N) is 1. The minimum absolute atomic E-state index is 0.104. The van der Waals surface area contributed by atoms with Gasteiger partial charge in [0.2, 0.25) is 5.91 Å². The molecule has 27 heavy (non-hydrogen) atoms. The molecule has 0 atom stereocenters. The van der Waals surface area contributed by atoms with Crippen LogP contribution in [0.25, 0.3) is 6.08 Å². The molecule has 1 heterocycles. The molecule has 8 heteroatoms. The second-order valence-corrected chi connectivity index (χ2v) is 7.32. The molecule has 2 aromatic rings. The third-order valence-electron chi connectivity index (χ3n) is 3.72. The lowest BCUT2D eigenvalue weighted by Crippen LogP contribution is -2.36. The van der Waals surface area contributed by atoms with Gasteiger partial charge in [-0.05, 0) is 48.0 Å². The quantitative estimate of drug-likeness (QED) is 0.456. The molecule has 0 radical (unpaired) electrons. The number of phenols is 1. The Hall–Kier alpha value is -2.84. The minimum atomic E-state index is -0.375. The molecule has 6 nitrogen and oxygen atoms in total. The fourth-order valence-electron chi connectivity index (χ4n) is 2.41. The summed E-state index contributed by atoms with van der Waals surface area (Å²) in [5.74, 6) is 0.105. The van der Waals surface area contributed by atoms with E-state index in [1.54, 1.807) is 25.3 Å². The van der Waals surface area contributed by atoms with Gasteiger partial charge in [-0.15, -0.1) is 0 Å². The van der Waals surface area contributed by atoms with Crippen molar-refractivity contribution in [3.05, 3.63) is 59.0 Å². The van der Waals surface area contributed by atoms with Crippen LogP contribution in [0.3, 0.4) is 0 Å². The SMILES string of the molecule is COc1cccc(/C=C2\SC(=S)N(CC(=O)Nc3ccc(O)cc3)C2=O)c1. The lowest BCUT2D eigenvalue weighted by atomic mass is 10.2. The van der Waals surface area contributed by atoms with Crippen LogP contribution >= 0.6 is 24.0 Å². The third kappa shape index (κ3) is 4.66. The second-order valence-electron chi connectivity index (χ2n) is 5.64. The Kier molecular flexibility index (Phi) is 5.78. The normalized spacial score (nSPS) is 15.3. The number of rotatable bonds is 5. The van der Waals surface area contributed by atoms with Gasteiger partial charge in [-0.25, -0.2) is 0 Å². The van der Waals surface area contributed by atoms with Gasteiger partial charge in [0.1, 0.15) is 22.4 Å². The van der Waals surface area contributed by atoms with E-state index in [-0.39, 0.29) is 24.1 Å². The minimum Gasteiger partial charge on any atom is -0.508 e. The molecule has 1 aliphatic heterocycles. The van der Waals surface area contributed by atoms with E-state index < -0.39 is 0 Å². The molecular formula is C19H16N2O4S2. The second kappa shape index (κ2) is 8.24. The van der Waals surface area contributed by atoms with Gasteiger partial charge < -0.3 is 15.2 Å². The first kappa shape index (κ1) is 18.9.